The molecule has 0 atom stereocenters. The summed E-state index contributed by atoms with van der Waals surface area (Å²) >= 11 is 11.9. The van der Waals surface area contributed by atoms with Gasteiger partial charge in [-0.3, -0.25) is 4.90 Å². The summed E-state index contributed by atoms with van der Waals surface area (Å²) in [7, 11) is 1.62. The zero-order chi connectivity index (χ0) is 21.8. The zero-order valence-electron chi connectivity index (χ0n) is 16.8. The zero-order valence-corrected chi connectivity index (χ0v) is 18.4. The number of aromatic nitrogens is 2. The first-order valence-electron chi connectivity index (χ1n) is 9.72. The van der Waals surface area contributed by atoms with Crippen LogP contribution < -0.4 is 10.1 Å². The lowest BCUT2D eigenvalue weighted by Gasteiger charge is -2.34. The molecule has 0 aliphatic carbocycles. The molecule has 1 fully saturated rings. The molecule has 0 bridgehead atoms. The van der Waals surface area contributed by atoms with Crippen molar-refractivity contribution in [1.82, 2.24) is 19.9 Å². The maximum absolute atomic E-state index is 12.5. The Morgan fingerprint density at radius 1 is 1.10 bits per heavy atom. The quantitative estimate of drug-likeness (QED) is 0.605. The van der Waals surface area contributed by atoms with Gasteiger partial charge in [-0.05, 0) is 42.5 Å². The molecule has 162 valence electrons. The number of amides is 2. The van der Waals surface area contributed by atoms with Gasteiger partial charge in [0.05, 0.1) is 23.7 Å². The molecule has 4 rings (SSSR count). The Morgan fingerprint density at radius 3 is 2.52 bits per heavy atom. The van der Waals surface area contributed by atoms with Gasteiger partial charge in [0.1, 0.15) is 5.75 Å². The Hall–Kier alpha value is -2.81. The van der Waals surface area contributed by atoms with E-state index >= 15 is 0 Å². The second-order valence-corrected chi connectivity index (χ2v) is 7.88. The molecule has 31 heavy (non-hydrogen) atoms. The number of benzene rings is 2. The Bertz CT molecular complexity index is 1050. The highest BCUT2D eigenvalue weighted by molar-refractivity contribution is 6.42. The molecular weight excluding hydrogens is 441 g/mol. The SMILES string of the molecule is COc1ccc(-c2nc(CN3CCN(C(=O)Nc4ccc(Cl)c(Cl)c4)CC3)no2)cc1. The van der Waals surface area contributed by atoms with E-state index in [4.69, 9.17) is 32.5 Å². The average molecular weight is 462 g/mol. The number of anilines is 1. The first kappa shape index (κ1) is 21.4. The molecule has 0 unspecified atom stereocenters. The highest BCUT2D eigenvalue weighted by atomic mass is 35.5. The highest BCUT2D eigenvalue weighted by Gasteiger charge is 2.22. The molecule has 1 aromatic heterocycles. The van der Waals surface area contributed by atoms with Crippen LogP contribution >= 0.6 is 23.2 Å². The van der Waals surface area contributed by atoms with Crippen LogP contribution in [0.4, 0.5) is 10.5 Å². The van der Waals surface area contributed by atoms with E-state index in [2.05, 4.69) is 20.4 Å². The number of hydrogen-bond donors (Lipinski definition) is 1. The van der Waals surface area contributed by atoms with Gasteiger partial charge in [0, 0.05) is 37.4 Å². The number of nitrogens with one attached hydrogen (secondary N) is 1. The smallest absolute Gasteiger partial charge is 0.321 e. The summed E-state index contributed by atoms with van der Waals surface area (Å²) < 4.78 is 10.5. The normalized spacial score (nSPS) is 14.5. The summed E-state index contributed by atoms with van der Waals surface area (Å²) in [6.45, 7) is 3.16. The predicted molar refractivity (Wildman–Crippen MR) is 119 cm³/mol. The van der Waals surface area contributed by atoms with Crippen LogP contribution in [0.5, 0.6) is 5.75 Å². The van der Waals surface area contributed by atoms with Crippen LogP contribution in [0, 0.1) is 0 Å². The molecule has 0 spiro atoms. The van der Waals surface area contributed by atoms with Crippen molar-refractivity contribution >= 4 is 34.9 Å². The van der Waals surface area contributed by atoms with E-state index < -0.39 is 0 Å². The number of carbonyl (C=O) groups is 1. The Labute approximate surface area is 189 Å². The van der Waals surface area contributed by atoms with E-state index in [9.17, 15) is 4.79 Å². The van der Waals surface area contributed by atoms with E-state index in [-0.39, 0.29) is 6.03 Å². The van der Waals surface area contributed by atoms with Crippen LogP contribution in [0.2, 0.25) is 10.0 Å². The molecule has 1 N–H and O–H groups in total. The Morgan fingerprint density at radius 2 is 1.84 bits per heavy atom. The van der Waals surface area contributed by atoms with Crippen molar-refractivity contribution in [2.45, 2.75) is 6.54 Å². The van der Waals surface area contributed by atoms with Crippen molar-refractivity contribution in [1.29, 1.82) is 0 Å². The van der Waals surface area contributed by atoms with Crippen LogP contribution in [0.25, 0.3) is 11.5 Å². The second kappa shape index (κ2) is 9.55. The summed E-state index contributed by atoms with van der Waals surface area (Å²) in [6, 6.07) is 12.3. The first-order chi connectivity index (χ1) is 15.0. The van der Waals surface area contributed by atoms with Gasteiger partial charge in [0.2, 0.25) is 0 Å². The number of methoxy groups -OCH3 is 1. The van der Waals surface area contributed by atoms with Gasteiger partial charge in [-0.1, -0.05) is 28.4 Å². The molecule has 8 nitrogen and oxygen atoms in total. The summed E-state index contributed by atoms with van der Waals surface area (Å²) in [4.78, 5) is 20.9. The van der Waals surface area contributed by atoms with Gasteiger partial charge in [0.15, 0.2) is 5.82 Å². The molecule has 2 amide bonds. The predicted octanol–water partition coefficient (Wildman–Crippen LogP) is 4.40. The fraction of sp³-hybridized carbons (Fsp3) is 0.286. The van der Waals surface area contributed by atoms with Crippen molar-refractivity contribution in [3.8, 4) is 17.2 Å². The standard InChI is InChI=1S/C21H21Cl2N5O3/c1-30-16-5-2-14(3-6-16)20-25-19(26-31-20)13-27-8-10-28(11-9-27)21(29)24-15-4-7-17(22)18(23)12-15/h2-7,12H,8-11,13H2,1H3,(H,24,29). The maximum Gasteiger partial charge on any atom is 0.321 e. The van der Waals surface area contributed by atoms with Crippen molar-refractivity contribution in [2.75, 3.05) is 38.6 Å². The van der Waals surface area contributed by atoms with Crippen LogP contribution in [-0.4, -0.2) is 59.3 Å². The third-order valence-electron chi connectivity index (χ3n) is 5.00. The minimum atomic E-state index is -0.167. The third-order valence-corrected chi connectivity index (χ3v) is 5.74. The maximum atomic E-state index is 12.5. The monoisotopic (exact) mass is 461 g/mol. The first-order valence-corrected chi connectivity index (χ1v) is 10.5. The number of nitrogens with zero attached hydrogens (tertiary/aromatic N) is 4. The molecular formula is C21H21Cl2N5O3. The largest absolute Gasteiger partial charge is 0.497 e. The van der Waals surface area contributed by atoms with Crippen LogP contribution in [-0.2, 0) is 6.54 Å². The van der Waals surface area contributed by atoms with E-state index in [0.29, 0.717) is 60.2 Å². The number of ether oxygens (including phenoxy) is 1. The molecule has 2 heterocycles. The topological polar surface area (TPSA) is 83.7 Å². The van der Waals surface area contributed by atoms with Crippen molar-refractivity contribution in [3.63, 3.8) is 0 Å². The van der Waals surface area contributed by atoms with Gasteiger partial charge < -0.3 is 19.5 Å². The van der Waals surface area contributed by atoms with Crippen molar-refractivity contribution in [3.05, 3.63) is 58.3 Å². The van der Waals surface area contributed by atoms with Gasteiger partial charge in [-0.2, -0.15) is 4.98 Å². The summed E-state index contributed by atoms with van der Waals surface area (Å²) in [6.07, 6.45) is 0. The van der Waals surface area contributed by atoms with Crippen LogP contribution in [0.15, 0.2) is 47.0 Å². The summed E-state index contributed by atoms with van der Waals surface area (Å²) in [5.41, 5.74) is 1.45. The number of halogens is 2. The summed E-state index contributed by atoms with van der Waals surface area (Å²) in [5, 5.41) is 7.78. The Kier molecular flexibility index (Phi) is 6.60. The lowest BCUT2D eigenvalue weighted by atomic mass is 10.2. The average Bonchev–Trinajstić information content (AvgIpc) is 3.25. The fourth-order valence-electron chi connectivity index (χ4n) is 3.25. The molecule has 10 heteroatoms. The molecule has 1 aliphatic rings. The molecule has 0 saturated carbocycles. The molecule has 2 aromatic carbocycles. The van der Waals surface area contributed by atoms with E-state index in [1.807, 2.05) is 24.3 Å². The van der Waals surface area contributed by atoms with E-state index in [0.717, 1.165) is 11.3 Å². The van der Waals surface area contributed by atoms with Crippen LogP contribution in [0.1, 0.15) is 5.82 Å². The van der Waals surface area contributed by atoms with Crippen molar-refractivity contribution < 1.29 is 14.1 Å². The lowest BCUT2D eigenvalue weighted by molar-refractivity contribution is 0.140. The number of urea groups is 1. The van der Waals surface area contributed by atoms with Crippen LogP contribution in [0.3, 0.4) is 0 Å². The number of piperazine rings is 1. The molecule has 1 aliphatic heterocycles. The number of hydrogen-bond acceptors (Lipinski definition) is 6. The fourth-order valence-corrected chi connectivity index (χ4v) is 3.55. The van der Waals surface area contributed by atoms with E-state index in [1.165, 1.54) is 0 Å². The van der Waals surface area contributed by atoms with Gasteiger partial charge in [0.25, 0.3) is 5.89 Å². The molecule has 0 radical (unpaired) electrons. The second-order valence-electron chi connectivity index (χ2n) is 7.07. The minimum absolute atomic E-state index is 0.167. The number of carbonyl (C=O) groups excluding carboxylic acids is 1. The molecule has 3 aromatic rings. The van der Waals surface area contributed by atoms with E-state index in [1.54, 1.807) is 30.2 Å². The van der Waals surface area contributed by atoms with Crippen molar-refractivity contribution in [2.24, 2.45) is 0 Å². The van der Waals surface area contributed by atoms with Gasteiger partial charge in [-0.15, -0.1) is 0 Å². The highest BCUT2D eigenvalue weighted by Crippen LogP contribution is 2.25. The summed E-state index contributed by atoms with van der Waals surface area (Å²) in [5.74, 6) is 1.85. The van der Waals surface area contributed by atoms with Gasteiger partial charge in [-0.25, -0.2) is 4.79 Å². The number of rotatable bonds is 5. The third kappa shape index (κ3) is 5.28. The lowest BCUT2D eigenvalue weighted by Crippen LogP contribution is -2.49. The van der Waals surface area contributed by atoms with Gasteiger partial charge >= 0.3 is 6.03 Å². The molecule has 1 saturated heterocycles. The Balaban J connectivity index is 1.28. The minimum Gasteiger partial charge on any atom is -0.497 e.